The molecule has 0 atom stereocenters. The van der Waals surface area contributed by atoms with Crippen molar-refractivity contribution in [2.24, 2.45) is 7.05 Å². The van der Waals surface area contributed by atoms with Crippen LogP contribution in [0.3, 0.4) is 0 Å². The van der Waals surface area contributed by atoms with E-state index >= 15 is 0 Å². The van der Waals surface area contributed by atoms with Gasteiger partial charge in [0.05, 0.1) is 5.69 Å². The van der Waals surface area contributed by atoms with Crippen molar-refractivity contribution in [1.29, 1.82) is 0 Å². The molecule has 0 spiro atoms. The lowest BCUT2D eigenvalue weighted by atomic mass is 10.0. The Balaban J connectivity index is 1.70. The number of carbonyl (C=O) groups is 1. The highest BCUT2D eigenvalue weighted by atomic mass is 16.2. The molecule has 1 amide bonds. The molecule has 0 saturated heterocycles. The number of rotatable bonds is 4. The monoisotopic (exact) mass is 283 g/mol. The van der Waals surface area contributed by atoms with Crippen molar-refractivity contribution in [3.63, 3.8) is 0 Å². The minimum Gasteiger partial charge on any atom is -0.347 e. The molecule has 1 aromatic heterocycles. The first-order valence-electron chi connectivity index (χ1n) is 7.43. The SMILES string of the molecule is Cc1cccc(CNC(=O)c2cc(C3CC3)nn2C)c1C. The average Bonchev–Trinajstić information content (AvgIpc) is 3.23. The van der Waals surface area contributed by atoms with Crippen molar-refractivity contribution in [1.82, 2.24) is 15.1 Å². The van der Waals surface area contributed by atoms with E-state index < -0.39 is 0 Å². The predicted molar refractivity (Wildman–Crippen MR) is 82.3 cm³/mol. The molecular formula is C17H21N3O. The zero-order chi connectivity index (χ0) is 15.0. The minimum absolute atomic E-state index is 0.0576. The lowest BCUT2D eigenvalue weighted by Crippen LogP contribution is -2.25. The molecule has 4 nitrogen and oxygen atoms in total. The van der Waals surface area contributed by atoms with Crippen LogP contribution in [0.2, 0.25) is 0 Å². The van der Waals surface area contributed by atoms with Crippen molar-refractivity contribution < 1.29 is 4.79 Å². The van der Waals surface area contributed by atoms with E-state index in [1.807, 2.05) is 19.2 Å². The Bertz CT molecular complexity index is 683. The van der Waals surface area contributed by atoms with Gasteiger partial charge in [0.15, 0.2) is 0 Å². The zero-order valence-electron chi connectivity index (χ0n) is 12.8. The Morgan fingerprint density at radius 3 is 2.86 bits per heavy atom. The summed E-state index contributed by atoms with van der Waals surface area (Å²) in [5.74, 6) is 0.509. The number of hydrogen-bond donors (Lipinski definition) is 1. The number of amides is 1. The summed E-state index contributed by atoms with van der Waals surface area (Å²) >= 11 is 0. The third kappa shape index (κ3) is 2.84. The number of aryl methyl sites for hydroxylation is 2. The van der Waals surface area contributed by atoms with E-state index in [-0.39, 0.29) is 5.91 Å². The molecule has 1 aliphatic carbocycles. The Hall–Kier alpha value is -2.10. The second-order valence-corrected chi connectivity index (χ2v) is 5.89. The summed E-state index contributed by atoms with van der Waals surface area (Å²) in [6, 6.07) is 8.10. The van der Waals surface area contributed by atoms with Gasteiger partial charge in [-0.2, -0.15) is 5.10 Å². The van der Waals surface area contributed by atoms with Crippen molar-refractivity contribution in [2.45, 2.75) is 39.2 Å². The Morgan fingerprint density at radius 2 is 2.14 bits per heavy atom. The van der Waals surface area contributed by atoms with Crippen LogP contribution in [0.15, 0.2) is 24.3 Å². The van der Waals surface area contributed by atoms with Crippen LogP contribution in [0, 0.1) is 13.8 Å². The summed E-state index contributed by atoms with van der Waals surface area (Å²) in [4.78, 5) is 12.3. The van der Waals surface area contributed by atoms with Crippen molar-refractivity contribution in [3.05, 3.63) is 52.3 Å². The van der Waals surface area contributed by atoms with Crippen LogP contribution in [0.5, 0.6) is 0 Å². The van der Waals surface area contributed by atoms with Crippen LogP contribution >= 0.6 is 0 Å². The second kappa shape index (κ2) is 5.35. The van der Waals surface area contributed by atoms with Crippen LogP contribution < -0.4 is 5.32 Å². The molecular weight excluding hydrogens is 262 g/mol. The molecule has 1 N–H and O–H groups in total. The molecule has 1 heterocycles. The van der Waals surface area contributed by atoms with Crippen molar-refractivity contribution >= 4 is 5.91 Å². The first-order valence-corrected chi connectivity index (χ1v) is 7.43. The van der Waals surface area contributed by atoms with Crippen LogP contribution in [-0.2, 0) is 13.6 Å². The first-order chi connectivity index (χ1) is 10.1. The lowest BCUT2D eigenvalue weighted by Gasteiger charge is -2.10. The maximum atomic E-state index is 12.3. The average molecular weight is 283 g/mol. The molecule has 0 unspecified atom stereocenters. The predicted octanol–water partition coefficient (Wildman–Crippen LogP) is 2.84. The Morgan fingerprint density at radius 1 is 1.38 bits per heavy atom. The van der Waals surface area contributed by atoms with E-state index in [1.165, 1.54) is 24.0 Å². The molecule has 0 aliphatic heterocycles. The molecule has 1 aromatic carbocycles. The number of nitrogens with one attached hydrogen (secondary N) is 1. The Labute approximate surface area is 125 Å². The number of nitrogens with zero attached hydrogens (tertiary/aromatic N) is 2. The number of aromatic nitrogens is 2. The van der Waals surface area contributed by atoms with Gasteiger partial charge in [-0.05, 0) is 49.4 Å². The number of carbonyl (C=O) groups excluding carboxylic acids is 1. The van der Waals surface area contributed by atoms with Crippen LogP contribution in [0.25, 0.3) is 0 Å². The fourth-order valence-corrected chi connectivity index (χ4v) is 2.55. The van der Waals surface area contributed by atoms with Crippen LogP contribution in [-0.4, -0.2) is 15.7 Å². The van der Waals surface area contributed by atoms with E-state index in [0.29, 0.717) is 18.2 Å². The standard InChI is InChI=1S/C17H21N3O/c1-11-5-4-6-14(12(11)2)10-18-17(21)16-9-15(13-7-8-13)19-20(16)3/h4-6,9,13H,7-8,10H2,1-3H3,(H,18,21). The van der Waals surface area contributed by atoms with E-state index in [1.54, 1.807) is 4.68 Å². The molecule has 0 radical (unpaired) electrons. The summed E-state index contributed by atoms with van der Waals surface area (Å²) < 4.78 is 1.69. The Kier molecular flexibility index (Phi) is 3.53. The largest absolute Gasteiger partial charge is 0.347 e. The number of hydrogen-bond acceptors (Lipinski definition) is 2. The van der Waals surface area contributed by atoms with Crippen LogP contribution in [0.4, 0.5) is 0 Å². The normalized spacial score (nSPS) is 14.2. The summed E-state index contributed by atoms with van der Waals surface area (Å²) in [7, 11) is 1.83. The van der Waals surface area contributed by atoms with E-state index in [0.717, 1.165) is 11.3 Å². The van der Waals surface area contributed by atoms with Gasteiger partial charge in [0.25, 0.3) is 5.91 Å². The molecule has 110 valence electrons. The fraction of sp³-hybridized carbons (Fsp3) is 0.412. The van der Waals surface area contributed by atoms with Gasteiger partial charge >= 0.3 is 0 Å². The highest BCUT2D eigenvalue weighted by molar-refractivity contribution is 5.92. The second-order valence-electron chi connectivity index (χ2n) is 5.89. The van der Waals surface area contributed by atoms with Gasteiger partial charge in [0.1, 0.15) is 5.69 Å². The molecule has 1 aliphatic rings. The summed E-state index contributed by atoms with van der Waals surface area (Å²) in [6.45, 7) is 4.73. The maximum absolute atomic E-state index is 12.3. The summed E-state index contributed by atoms with van der Waals surface area (Å²) in [5.41, 5.74) is 5.34. The van der Waals surface area contributed by atoms with Crippen molar-refractivity contribution in [2.75, 3.05) is 0 Å². The highest BCUT2D eigenvalue weighted by Crippen LogP contribution is 2.39. The van der Waals surface area contributed by atoms with E-state index in [9.17, 15) is 4.79 Å². The molecule has 2 aromatic rings. The minimum atomic E-state index is -0.0576. The van der Waals surface area contributed by atoms with Gasteiger partial charge in [-0.25, -0.2) is 0 Å². The van der Waals surface area contributed by atoms with E-state index in [4.69, 9.17) is 0 Å². The van der Waals surface area contributed by atoms with Crippen molar-refractivity contribution in [3.8, 4) is 0 Å². The third-order valence-corrected chi connectivity index (χ3v) is 4.28. The topological polar surface area (TPSA) is 46.9 Å². The van der Waals surface area contributed by atoms with Gasteiger partial charge in [-0.3, -0.25) is 9.48 Å². The molecule has 4 heteroatoms. The zero-order valence-corrected chi connectivity index (χ0v) is 12.8. The van der Waals surface area contributed by atoms with Crippen LogP contribution in [0.1, 0.15) is 51.6 Å². The first kappa shape index (κ1) is 13.9. The maximum Gasteiger partial charge on any atom is 0.269 e. The van der Waals surface area contributed by atoms with Gasteiger partial charge in [-0.1, -0.05) is 18.2 Å². The third-order valence-electron chi connectivity index (χ3n) is 4.28. The smallest absolute Gasteiger partial charge is 0.269 e. The highest BCUT2D eigenvalue weighted by Gasteiger charge is 2.27. The quantitative estimate of drug-likeness (QED) is 0.938. The summed E-state index contributed by atoms with van der Waals surface area (Å²) in [5, 5.41) is 7.43. The van der Waals surface area contributed by atoms with Gasteiger partial charge in [0.2, 0.25) is 0 Å². The van der Waals surface area contributed by atoms with Gasteiger partial charge < -0.3 is 5.32 Å². The van der Waals surface area contributed by atoms with Gasteiger partial charge in [-0.15, -0.1) is 0 Å². The van der Waals surface area contributed by atoms with E-state index in [2.05, 4.69) is 36.4 Å². The molecule has 0 bridgehead atoms. The molecule has 1 saturated carbocycles. The fourth-order valence-electron chi connectivity index (χ4n) is 2.55. The molecule has 21 heavy (non-hydrogen) atoms. The lowest BCUT2D eigenvalue weighted by molar-refractivity contribution is 0.0941. The molecule has 1 fully saturated rings. The molecule has 3 rings (SSSR count). The van der Waals surface area contributed by atoms with Gasteiger partial charge in [0, 0.05) is 19.5 Å². The number of benzene rings is 1. The summed E-state index contributed by atoms with van der Waals surface area (Å²) in [6.07, 6.45) is 2.39.